The first kappa shape index (κ1) is 9.25. The molecule has 0 fully saturated rings. The van der Waals surface area contributed by atoms with Crippen LogP contribution in [-0.4, -0.2) is 24.0 Å². The Balaban J connectivity index is 3.05. The Kier molecular flexibility index (Phi) is 2.52. The number of aryl methyl sites for hydroxylation is 1. The third-order valence-corrected chi connectivity index (χ3v) is 3.36. The summed E-state index contributed by atoms with van der Waals surface area (Å²) in [5, 5.41) is 3.89. The molecular formula is C7H12N2O2S. The number of nitrogens with zero attached hydrogens (tertiary/aromatic N) is 2. The second-order valence-corrected chi connectivity index (χ2v) is 4.71. The Morgan fingerprint density at radius 2 is 2.17 bits per heavy atom. The van der Waals surface area contributed by atoms with Gasteiger partial charge in [-0.05, 0) is 6.92 Å². The fraction of sp³-hybridized carbons (Fsp3) is 0.571. The topological polar surface area (TPSA) is 52.0 Å². The lowest BCUT2D eigenvalue weighted by atomic mass is 10.7. The minimum atomic E-state index is -3.07. The third-order valence-electron chi connectivity index (χ3n) is 1.67. The molecule has 1 rings (SSSR count). The van der Waals surface area contributed by atoms with E-state index >= 15 is 0 Å². The van der Waals surface area contributed by atoms with Gasteiger partial charge in [-0.3, -0.25) is 4.68 Å². The third kappa shape index (κ3) is 1.66. The molecule has 0 aliphatic rings. The molecule has 0 amide bonds. The van der Waals surface area contributed by atoms with Crippen molar-refractivity contribution in [3.05, 3.63) is 12.4 Å². The van der Waals surface area contributed by atoms with Crippen molar-refractivity contribution in [3.63, 3.8) is 0 Å². The lowest BCUT2D eigenvalue weighted by Gasteiger charge is -1.94. The highest BCUT2D eigenvalue weighted by Gasteiger charge is 2.12. The molecular weight excluding hydrogens is 176 g/mol. The largest absolute Gasteiger partial charge is 0.272 e. The van der Waals surface area contributed by atoms with Crippen molar-refractivity contribution in [3.8, 4) is 0 Å². The average molecular weight is 188 g/mol. The van der Waals surface area contributed by atoms with E-state index in [9.17, 15) is 8.42 Å². The summed E-state index contributed by atoms with van der Waals surface area (Å²) in [7, 11) is -3.07. The van der Waals surface area contributed by atoms with Crippen molar-refractivity contribution in [1.82, 2.24) is 9.78 Å². The molecule has 4 nitrogen and oxygen atoms in total. The van der Waals surface area contributed by atoms with Crippen LogP contribution in [0.5, 0.6) is 0 Å². The maximum atomic E-state index is 11.3. The van der Waals surface area contributed by atoms with E-state index in [0.717, 1.165) is 0 Å². The molecule has 0 aliphatic heterocycles. The van der Waals surface area contributed by atoms with Crippen molar-refractivity contribution < 1.29 is 8.42 Å². The second kappa shape index (κ2) is 3.26. The number of rotatable bonds is 3. The van der Waals surface area contributed by atoms with Crippen LogP contribution in [0.4, 0.5) is 0 Å². The van der Waals surface area contributed by atoms with Gasteiger partial charge in [0.15, 0.2) is 9.84 Å². The summed E-state index contributed by atoms with van der Waals surface area (Å²) in [4.78, 5) is 0.312. The fourth-order valence-electron chi connectivity index (χ4n) is 0.845. The van der Waals surface area contributed by atoms with Gasteiger partial charge in [0.1, 0.15) is 4.90 Å². The number of hydrogen-bond acceptors (Lipinski definition) is 3. The lowest BCUT2D eigenvalue weighted by molar-refractivity contribution is 0.596. The summed E-state index contributed by atoms with van der Waals surface area (Å²) in [5.74, 6) is 0.127. The normalized spacial score (nSPS) is 11.8. The van der Waals surface area contributed by atoms with Crippen LogP contribution < -0.4 is 0 Å². The molecule has 0 unspecified atom stereocenters. The maximum absolute atomic E-state index is 11.3. The lowest BCUT2D eigenvalue weighted by Crippen LogP contribution is -2.02. The van der Waals surface area contributed by atoms with Crippen LogP contribution in [0.25, 0.3) is 0 Å². The van der Waals surface area contributed by atoms with Gasteiger partial charge in [-0.1, -0.05) is 6.92 Å². The van der Waals surface area contributed by atoms with Crippen molar-refractivity contribution in [2.24, 2.45) is 0 Å². The average Bonchev–Trinajstić information content (AvgIpc) is 2.52. The summed E-state index contributed by atoms with van der Waals surface area (Å²) in [5.41, 5.74) is 0. The van der Waals surface area contributed by atoms with E-state index in [1.807, 2.05) is 6.92 Å². The van der Waals surface area contributed by atoms with Crippen LogP contribution >= 0.6 is 0 Å². The van der Waals surface area contributed by atoms with Gasteiger partial charge in [-0.15, -0.1) is 0 Å². The molecule has 0 saturated carbocycles. The highest BCUT2D eigenvalue weighted by atomic mass is 32.2. The fourth-order valence-corrected chi connectivity index (χ4v) is 1.67. The molecule has 0 bridgehead atoms. The van der Waals surface area contributed by atoms with Crippen LogP contribution in [0.3, 0.4) is 0 Å². The summed E-state index contributed by atoms with van der Waals surface area (Å²) < 4.78 is 24.2. The first-order valence-corrected chi connectivity index (χ1v) is 5.50. The van der Waals surface area contributed by atoms with Gasteiger partial charge >= 0.3 is 0 Å². The summed E-state index contributed by atoms with van der Waals surface area (Å²) in [6.07, 6.45) is 2.95. The summed E-state index contributed by atoms with van der Waals surface area (Å²) >= 11 is 0. The second-order valence-electron chi connectivity index (χ2n) is 2.44. The van der Waals surface area contributed by atoms with E-state index < -0.39 is 9.84 Å². The van der Waals surface area contributed by atoms with Crippen LogP contribution in [0.2, 0.25) is 0 Å². The Hall–Kier alpha value is -0.840. The SMILES string of the molecule is CCn1cc(S(=O)(=O)CC)cn1. The summed E-state index contributed by atoms with van der Waals surface area (Å²) in [6.45, 7) is 4.23. The molecule has 1 heterocycles. The Labute approximate surface area is 72.1 Å². The van der Waals surface area contributed by atoms with Gasteiger partial charge in [-0.25, -0.2) is 8.42 Å². The molecule has 68 valence electrons. The molecule has 5 heteroatoms. The van der Waals surface area contributed by atoms with Crippen LogP contribution in [0.15, 0.2) is 17.3 Å². The Morgan fingerprint density at radius 1 is 1.50 bits per heavy atom. The molecule has 1 aromatic rings. The van der Waals surface area contributed by atoms with Gasteiger partial charge in [0, 0.05) is 12.7 Å². The molecule has 0 aliphatic carbocycles. The first-order chi connectivity index (χ1) is 5.60. The number of sulfone groups is 1. The minimum Gasteiger partial charge on any atom is -0.272 e. The highest BCUT2D eigenvalue weighted by Crippen LogP contribution is 2.08. The quantitative estimate of drug-likeness (QED) is 0.701. The molecule has 0 aromatic carbocycles. The number of hydrogen-bond donors (Lipinski definition) is 0. The van der Waals surface area contributed by atoms with E-state index in [1.165, 1.54) is 6.20 Å². The predicted molar refractivity (Wildman–Crippen MR) is 45.6 cm³/mol. The van der Waals surface area contributed by atoms with Crippen LogP contribution in [0, 0.1) is 0 Å². The smallest absolute Gasteiger partial charge is 0.181 e. The zero-order chi connectivity index (χ0) is 9.19. The summed E-state index contributed by atoms with van der Waals surface area (Å²) in [6, 6.07) is 0. The molecule has 0 spiro atoms. The van der Waals surface area contributed by atoms with E-state index in [1.54, 1.807) is 17.8 Å². The molecule has 1 aromatic heterocycles. The van der Waals surface area contributed by atoms with Crippen molar-refractivity contribution >= 4 is 9.84 Å². The highest BCUT2D eigenvalue weighted by molar-refractivity contribution is 7.91. The first-order valence-electron chi connectivity index (χ1n) is 3.85. The van der Waals surface area contributed by atoms with E-state index in [4.69, 9.17) is 0 Å². The van der Waals surface area contributed by atoms with Gasteiger partial charge < -0.3 is 0 Å². The predicted octanol–water partition coefficient (Wildman–Crippen LogP) is 0.697. The molecule has 12 heavy (non-hydrogen) atoms. The van der Waals surface area contributed by atoms with E-state index in [-0.39, 0.29) is 5.75 Å². The number of aromatic nitrogens is 2. The zero-order valence-corrected chi connectivity index (χ0v) is 8.00. The standard InChI is InChI=1S/C7H12N2O2S/c1-3-9-6-7(5-8-9)12(10,11)4-2/h5-6H,3-4H2,1-2H3. The monoisotopic (exact) mass is 188 g/mol. The van der Waals surface area contributed by atoms with E-state index in [2.05, 4.69) is 5.10 Å². The van der Waals surface area contributed by atoms with Crippen molar-refractivity contribution in [1.29, 1.82) is 0 Å². The van der Waals surface area contributed by atoms with Crippen LogP contribution in [0.1, 0.15) is 13.8 Å². The van der Waals surface area contributed by atoms with Crippen molar-refractivity contribution in [2.45, 2.75) is 25.3 Å². The molecule has 0 N–H and O–H groups in total. The molecule has 0 radical (unpaired) electrons. The van der Waals surface area contributed by atoms with Gasteiger partial charge in [-0.2, -0.15) is 5.10 Å². The maximum Gasteiger partial charge on any atom is 0.181 e. The van der Waals surface area contributed by atoms with Crippen molar-refractivity contribution in [2.75, 3.05) is 5.75 Å². The van der Waals surface area contributed by atoms with Gasteiger partial charge in [0.05, 0.1) is 11.9 Å². The van der Waals surface area contributed by atoms with Gasteiger partial charge in [0.2, 0.25) is 0 Å². The Morgan fingerprint density at radius 3 is 2.58 bits per heavy atom. The Bertz CT molecular complexity index is 353. The minimum absolute atomic E-state index is 0.127. The molecule has 0 saturated heterocycles. The zero-order valence-electron chi connectivity index (χ0n) is 7.19. The van der Waals surface area contributed by atoms with Gasteiger partial charge in [0.25, 0.3) is 0 Å². The van der Waals surface area contributed by atoms with E-state index in [0.29, 0.717) is 11.4 Å². The molecule has 0 atom stereocenters. The van der Waals surface area contributed by atoms with Crippen LogP contribution in [-0.2, 0) is 16.4 Å².